The van der Waals surface area contributed by atoms with E-state index in [0.29, 0.717) is 5.92 Å². The van der Waals surface area contributed by atoms with Crippen LogP contribution in [0.5, 0.6) is 5.75 Å². The molecule has 0 amide bonds. The van der Waals surface area contributed by atoms with Gasteiger partial charge in [0.05, 0.1) is 6.61 Å². The van der Waals surface area contributed by atoms with Gasteiger partial charge in [-0.3, -0.25) is 0 Å². The Balaban J connectivity index is 1.32. The SMILES string of the molecule is CCCCCCCCCCOc1ccc(-c2nnc(C3CCC(CCCCCCC)CC3)s2)cc1. The zero-order chi connectivity index (χ0) is 24.6. The van der Waals surface area contributed by atoms with Crippen molar-refractivity contribution in [3.05, 3.63) is 29.3 Å². The van der Waals surface area contributed by atoms with E-state index in [0.717, 1.165) is 35.3 Å². The van der Waals surface area contributed by atoms with Crippen molar-refractivity contribution < 1.29 is 4.74 Å². The fourth-order valence-electron chi connectivity index (χ4n) is 5.37. The zero-order valence-corrected chi connectivity index (χ0v) is 23.4. The van der Waals surface area contributed by atoms with E-state index >= 15 is 0 Å². The zero-order valence-electron chi connectivity index (χ0n) is 22.6. The second kappa shape index (κ2) is 17.1. The topological polar surface area (TPSA) is 35.0 Å². The van der Waals surface area contributed by atoms with E-state index in [1.54, 1.807) is 11.3 Å². The number of unbranched alkanes of at least 4 members (excludes halogenated alkanes) is 11. The molecule has 196 valence electrons. The lowest BCUT2D eigenvalue weighted by atomic mass is 9.80. The maximum Gasteiger partial charge on any atom is 0.147 e. The van der Waals surface area contributed by atoms with Crippen LogP contribution in [0.2, 0.25) is 0 Å². The lowest BCUT2D eigenvalue weighted by molar-refractivity contribution is 0.301. The first-order valence-electron chi connectivity index (χ1n) is 14.9. The summed E-state index contributed by atoms with van der Waals surface area (Å²) in [5, 5.41) is 11.4. The Kier molecular flexibility index (Phi) is 13.8. The van der Waals surface area contributed by atoms with Crippen LogP contribution in [-0.4, -0.2) is 16.8 Å². The average Bonchev–Trinajstić information content (AvgIpc) is 3.39. The maximum atomic E-state index is 5.97. The van der Waals surface area contributed by atoms with Gasteiger partial charge in [-0.15, -0.1) is 10.2 Å². The highest BCUT2D eigenvalue weighted by Crippen LogP contribution is 2.40. The summed E-state index contributed by atoms with van der Waals surface area (Å²) in [4.78, 5) is 0. The Morgan fingerprint density at radius 3 is 1.97 bits per heavy atom. The lowest BCUT2D eigenvalue weighted by Gasteiger charge is -2.27. The van der Waals surface area contributed by atoms with Crippen LogP contribution < -0.4 is 4.74 Å². The number of rotatable bonds is 18. The molecule has 2 aromatic rings. The summed E-state index contributed by atoms with van der Waals surface area (Å²) in [6.45, 7) is 5.39. The van der Waals surface area contributed by atoms with Crippen molar-refractivity contribution in [3.8, 4) is 16.3 Å². The number of hydrogen-bond donors (Lipinski definition) is 0. The van der Waals surface area contributed by atoms with Crippen molar-refractivity contribution in [2.24, 2.45) is 5.92 Å². The third-order valence-corrected chi connectivity index (χ3v) is 8.86. The highest BCUT2D eigenvalue weighted by atomic mass is 32.1. The number of nitrogens with zero attached hydrogens (tertiary/aromatic N) is 2. The van der Waals surface area contributed by atoms with E-state index in [9.17, 15) is 0 Å². The summed E-state index contributed by atoms with van der Waals surface area (Å²) >= 11 is 1.80. The minimum Gasteiger partial charge on any atom is -0.494 e. The molecule has 1 saturated carbocycles. The smallest absolute Gasteiger partial charge is 0.147 e. The fourth-order valence-corrected chi connectivity index (χ4v) is 6.39. The molecule has 1 aromatic heterocycles. The standard InChI is InChI=1S/C31H50N2OS/c1-3-5-7-9-10-11-13-15-25-34-29-23-21-28(22-24-29)31-33-32-30(35-31)27-19-17-26(18-20-27)16-14-12-8-6-4-2/h21-24,26-27H,3-20,25H2,1-2H3. The van der Waals surface area contributed by atoms with Gasteiger partial charge in [-0.25, -0.2) is 0 Å². The molecule has 0 atom stereocenters. The van der Waals surface area contributed by atoms with Gasteiger partial charge in [0, 0.05) is 11.5 Å². The molecule has 0 N–H and O–H groups in total. The summed E-state index contributed by atoms with van der Waals surface area (Å²) in [7, 11) is 0. The van der Waals surface area contributed by atoms with Gasteiger partial charge in [0.25, 0.3) is 0 Å². The molecular formula is C31H50N2OS. The average molecular weight is 499 g/mol. The normalized spacial score (nSPS) is 18.1. The Hall–Kier alpha value is -1.42. The predicted molar refractivity (Wildman–Crippen MR) is 152 cm³/mol. The van der Waals surface area contributed by atoms with Gasteiger partial charge >= 0.3 is 0 Å². The van der Waals surface area contributed by atoms with E-state index in [2.05, 4.69) is 48.3 Å². The first kappa shape index (κ1) is 28.2. The van der Waals surface area contributed by atoms with E-state index in [-0.39, 0.29) is 0 Å². The molecule has 4 heteroatoms. The predicted octanol–water partition coefficient (Wildman–Crippen LogP) is 10.4. The third-order valence-electron chi connectivity index (χ3n) is 7.72. The minimum atomic E-state index is 0.617. The van der Waals surface area contributed by atoms with E-state index in [4.69, 9.17) is 4.74 Å². The molecule has 0 aliphatic heterocycles. The first-order valence-corrected chi connectivity index (χ1v) is 15.7. The minimum absolute atomic E-state index is 0.617. The Morgan fingerprint density at radius 2 is 1.31 bits per heavy atom. The molecule has 1 fully saturated rings. The number of hydrogen-bond acceptors (Lipinski definition) is 4. The summed E-state index contributed by atoms with van der Waals surface area (Å²) < 4.78 is 5.97. The van der Waals surface area contributed by atoms with Crippen molar-refractivity contribution in [1.29, 1.82) is 0 Å². The molecule has 0 spiro atoms. The van der Waals surface area contributed by atoms with Crippen LogP contribution in [0.1, 0.15) is 140 Å². The Morgan fingerprint density at radius 1 is 0.714 bits per heavy atom. The monoisotopic (exact) mass is 498 g/mol. The third kappa shape index (κ3) is 10.6. The van der Waals surface area contributed by atoms with Crippen molar-refractivity contribution >= 4 is 11.3 Å². The molecule has 3 rings (SSSR count). The van der Waals surface area contributed by atoms with Crippen LogP contribution in [0, 0.1) is 5.92 Å². The van der Waals surface area contributed by atoms with Crippen LogP contribution in [0.4, 0.5) is 0 Å². The molecule has 0 radical (unpaired) electrons. The molecule has 0 unspecified atom stereocenters. The quantitative estimate of drug-likeness (QED) is 0.192. The molecular weight excluding hydrogens is 448 g/mol. The maximum absolute atomic E-state index is 5.97. The Labute approximate surface area is 219 Å². The van der Waals surface area contributed by atoms with Gasteiger partial charge in [0.1, 0.15) is 15.8 Å². The van der Waals surface area contributed by atoms with Crippen molar-refractivity contribution in [2.45, 2.75) is 135 Å². The molecule has 1 aromatic carbocycles. The molecule has 0 bridgehead atoms. The molecule has 1 aliphatic carbocycles. The van der Waals surface area contributed by atoms with E-state index < -0.39 is 0 Å². The molecule has 1 heterocycles. The summed E-state index contributed by atoms with van der Waals surface area (Å²) in [6.07, 6.45) is 24.4. The number of ether oxygens (including phenoxy) is 1. The Bertz CT molecular complexity index is 780. The second-order valence-electron chi connectivity index (χ2n) is 10.7. The van der Waals surface area contributed by atoms with Crippen LogP contribution in [0.15, 0.2) is 24.3 Å². The van der Waals surface area contributed by atoms with Gasteiger partial charge in [-0.05, 0) is 62.3 Å². The summed E-state index contributed by atoms with van der Waals surface area (Å²) in [5.41, 5.74) is 1.16. The van der Waals surface area contributed by atoms with Crippen LogP contribution in [0.25, 0.3) is 10.6 Å². The van der Waals surface area contributed by atoms with Crippen LogP contribution >= 0.6 is 11.3 Å². The van der Waals surface area contributed by atoms with E-state index in [1.165, 1.54) is 114 Å². The van der Waals surface area contributed by atoms with Crippen LogP contribution in [0.3, 0.4) is 0 Å². The summed E-state index contributed by atoms with van der Waals surface area (Å²) in [6, 6.07) is 8.46. The number of benzene rings is 1. The number of aromatic nitrogens is 2. The fraction of sp³-hybridized carbons (Fsp3) is 0.742. The molecule has 1 aliphatic rings. The first-order chi connectivity index (χ1) is 17.3. The van der Waals surface area contributed by atoms with Crippen molar-refractivity contribution in [2.75, 3.05) is 6.61 Å². The van der Waals surface area contributed by atoms with Gasteiger partial charge in [0.15, 0.2) is 0 Å². The van der Waals surface area contributed by atoms with Crippen molar-refractivity contribution in [1.82, 2.24) is 10.2 Å². The largest absolute Gasteiger partial charge is 0.494 e. The van der Waals surface area contributed by atoms with Crippen molar-refractivity contribution in [3.63, 3.8) is 0 Å². The molecule has 35 heavy (non-hydrogen) atoms. The second-order valence-corrected chi connectivity index (χ2v) is 11.7. The lowest BCUT2D eigenvalue weighted by Crippen LogP contribution is -2.13. The molecule has 0 saturated heterocycles. The van der Waals surface area contributed by atoms with Crippen LogP contribution in [-0.2, 0) is 0 Å². The highest BCUT2D eigenvalue weighted by Gasteiger charge is 2.25. The molecule has 3 nitrogen and oxygen atoms in total. The van der Waals surface area contributed by atoms with Gasteiger partial charge in [-0.1, -0.05) is 109 Å². The summed E-state index contributed by atoms with van der Waals surface area (Å²) in [5.74, 6) is 2.53. The highest BCUT2D eigenvalue weighted by molar-refractivity contribution is 7.14. The van der Waals surface area contributed by atoms with Gasteiger partial charge in [0.2, 0.25) is 0 Å². The van der Waals surface area contributed by atoms with E-state index in [1.807, 2.05) is 0 Å². The van der Waals surface area contributed by atoms with Gasteiger partial charge in [-0.2, -0.15) is 0 Å². The van der Waals surface area contributed by atoms with Gasteiger partial charge < -0.3 is 4.74 Å².